The minimum atomic E-state index is -0.606. The van der Waals surface area contributed by atoms with Gasteiger partial charge in [-0.05, 0) is 23.8 Å². The number of anilines is 1. The highest BCUT2D eigenvalue weighted by Crippen LogP contribution is 2.13. The van der Waals surface area contributed by atoms with Crippen molar-refractivity contribution in [2.75, 3.05) is 5.32 Å². The Bertz CT molecular complexity index is 800. The second-order valence-electron chi connectivity index (χ2n) is 4.31. The van der Waals surface area contributed by atoms with Crippen LogP contribution >= 0.6 is 0 Å². The predicted molar refractivity (Wildman–Crippen MR) is 74.0 cm³/mol. The summed E-state index contributed by atoms with van der Waals surface area (Å²) in [6.07, 6.45) is 0. The number of benzene rings is 2. The Morgan fingerprint density at radius 2 is 1.95 bits per heavy atom. The second-order valence-corrected chi connectivity index (χ2v) is 4.31. The largest absolute Gasteiger partial charge is 0.389 e. The van der Waals surface area contributed by atoms with Crippen LogP contribution in [0.2, 0.25) is 0 Å². The van der Waals surface area contributed by atoms with Gasteiger partial charge in [-0.15, -0.1) is 0 Å². The van der Waals surface area contributed by atoms with Crippen LogP contribution in [0.3, 0.4) is 0 Å². The zero-order valence-corrected chi connectivity index (χ0v) is 10.5. The van der Waals surface area contributed by atoms with Crippen molar-refractivity contribution in [3.8, 4) is 0 Å². The van der Waals surface area contributed by atoms with Gasteiger partial charge in [0.2, 0.25) is 0 Å². The minimum Gasteiger partial charge on any atom is -0.389 e. The van der Waals surface area contributed by atoms with Gasteiger partial charge in [0.05, 0.1) is 10.9 Å². The molecule has 0 aliphatic rings. The van der Waals surface area contributed by atoms with Crippen LogP contribution in [0.1, 0.15) is 5.56 Å². The molecule has 3 aromatic rings. The third-order valence-corrected chi connectivity index (χ3v) is 2.88. The first-order chi connectivity index (χ1) is 9.72. The van der Waals surface area contributed by atoms with Crippen LogP contribution in [0.15, 0.2) is 57.7 Å². The SMILES string of the molecule is O=c1oc(NCc2ccccc2)nc2ccc(F)cc12. The first-order valence-electron chi connectivity index (χ1n) is 6.10. The predicted octanol–water partition coefficient (Wildman–Crippen LogP) is 2.94. The number of rotatable bonds is 3. The number of nitrogens with one attached hydrogen (secondary N) is 1. The van der Waals surface area contributed by atoms with Crippen molar-refractivity contribution in [3.63, 3.8) is 0 Å². The molecule has 1 heterocycles. The highest BCUT2D eigenvalue weighted by molar-refractivity contribution is 5.77. The standard InChI is InChI=1S/C15H11FN2O2/c16-11-6-7-13-12(8-11)14(19)20-15(18-13)17-9-10-4-2-1-3-5-10/h1-8H,9H2,(H,17,18). The molecule has 3 rings (SSSR count). The van der Waals surface area contributed by atoms with Gasteiger partial charge in [-0.3, -0.25) is 0 Å². The highest BCUT2D eigenvalue weighted by Gasteiger charge is 2.07. The molecule has 5 heteroatoms. The smallest absolute Gasteiger partial charge is 0.348 e. The summed E-state index contributed by atoms with van der Waals surface area (Å²) < 4.78 is 18.1. The number of fused-ring (bicyclic) bond motifs is 1. The minimum absolute atomic E-state index is 0.123. The molecule has 0 bridgehead atoms. The van der Waals surface area contributed by atoms with Crippen molar-refractivity contribution >= 4 is 16.9 Å². The summed E-state index contributed by atoms with van der Waals surface area (Å²) in [5.41, 5.74) is 0.833. The van der Waals surface area contributed by atoms with Crippen molar-refractivity contribution in [2.45, 2.75) is 6.54 Å². The van der Waals surface area contributed by atoms with Gasteiger partial charge >= 0.3 is 5.63 Å². The van der Waals surface area contributed by atoms with E-state index in [0.29, 0.717) is 12.1 Å². The summed E-state index contributed by atoms with van der Waals surface area (Å²) in [5.74, 6) is -0.489. The van der Waals surface area contributed by atoms with Crippen LogP contribution in [-0.2, 0) is 6.54 Å². The van der Waals surface area contributed by atoms with E-state index < -0.39 is 11.4 Å². The molecule has 0 spiro atoms. The fraction of sp³-hybridized carbons (Fsp3) is 0.0667. The van der Waals surface area contributed by atoms with E-state index in [2.05, 4.69) is 10.3 Å². The van der Waals surface area contributed by atoms with Gasteiger partial charge in [-0.2, -0.15) is 4.98 Å². The molecule has 0 unspecified atom stereocenters. The van der Waals surface area contributed by atoms with Crippen LogP contribution in [-0.4, -0.2) is 4.98 Å². The second kappa shape index (κ2) is 5.13. The van der Waals surface area contributed by atoms with Crippen molar-refractivity contribution in [1.82, 2.24) is 4.98 Å². The summed E-state index contributed by atoms with van der Waals surface area (Å²) in [5, 5.41) is 3.07. The number of hydrogen-bond acceptors (Lipinski definition) is 4. The number of halogens is 1. The van der Waals surface area contributed by atoms with Crippen LogP contribution in [0.5, 0.6) is 0 Å². The maximum absolute atomic E-state index is 13.1. The van der Waals surface area contributed by atoms with Crippen LogP contribution in [0.25, 0.3) is 10.9 Å². The molecule has 0 atom stereocenters. The zero-order chi connectivity index (χ0) is 13.9. The Morgan fingerprint density at radius 3 is 2.75 bits per heavy atom. The van der Waals surface area contributed by atoms with Crippen LogP contribution in [0.4, 0.5) is 10.4 Å². The average Bonchev–Trinajstić information content (AvgIpc) is 2.47. The molecule has 0 fully saturated rings. The normalized spacial score (nSPS) is 10.7. The van der Waals surface area contributed by atoms with Crippen molar-refractivity contribution in [3.05, 3.63) is 70.3 Å². The van der Waals surface area contributed by atoms with Gasteiger partial charge in [0, 0.05) is 6.54 Å². The van der Waals surface area contributed by atoms with Crippen molar-refractivity contribution in [1.29, 1.82) is 0 Å². The van der Waals surface area contributed by atoms with Crippen molar-refractivity contribution in [2.24, 2.45) is 0 Å². The summed E-state index contributed by atoms with van der Waals surface area (Å²) in [7, 11) is 0. The van der Waals surface area contributed by atoms with E-state index in [-0.39, 0.29) is 11.4 Å². The molecule has 1 N–H and O–H groups in total. The molecular weight excluding hydrogens is 259 g/mol. The summed E-state index contributed by atoms with van der Waals surface area (Å²) in [4.78, 5) is 15.9. The van der Waals surface area contributed by atoms with Crippen LogP contribution < -0.4 is 10.9 Å². The topological polar surface area (TPSA) is 55.1 Å². The van der Waals surface area contributed by atoms with Gasteiger partial charge < -0.3 is 9.73 Å². The lowest BCUT2D eigenvalue weighted by Gasteiger charge is -2.05. The monoisotopic (exact) mass is 270 g/mol. The molecule has 0 radical (unpaired) electrons. The van der Waals surface area contributed by atoms with Gasteiger partial charge in [0.1, 0.15) is 5.82 Å². The Labute approximate surface area is 113 Å². The van der Waals surface area contributed by atoms with Crippen molar-refractivity contribution < 1.29 is 8.81 Å². The van der Waals surface area contributed by atoms with E-state index >= 15 is 0 Å². The molecule has 4 nitrogen and oxygen atoms in total. The van der Waals surface area contributed by atoms with Gasteiger partial charge in [-0.25, -0.2) is 9.18 Å². The molecule has 0 saturated carbocycles. The summed E-state index contributed by atoms with van der Waals surface area (Å²) >= 11 is 0. The molecule has 0 aliphatic carbocycles. The molecule has 0 amide bonds. The maximum Gasteiger partial charge on any atom is 0.348 e. The van der Waals surface area contributed by atoms with E-state index in [1.807, 2.05) is 30.3 Å². The summed E-state index contributed by atoms with van der Waals surface area (Å²) in [6.45, 7) is 0.490. The molecular formula is C15H11FN2O2. The van der Waals surface area contributed by atoms with Crippen LogP contribution in [0, 0.1) is 5.82 Å². The lowest BCUT2D eigenvalue weighted by Crippen LogP contribution is -2.08. The third-order valence-electron chi connectivity index (χ3n) is 2.88. The van der Waals surface area contributed by atoms with Gasteiger partial charge in [-0.1, -0.05) is 30.3 Å². The number of hydrogen-bond donors (Lipinski definition) is 1. The third kappa shape index (κ3) is 2.51. The first-order valence-corrected chi connectivity index (χ1v) is 6.10. The highest BCUT2D eigenvalue weighted by atomic mass is 19.1. The number of aromatic nitrogens is 1. The van der Waals surface area contributed by atoms with E-state index in [4.69, 9.17) is 4.42 Å². The van der Waals surface area contributed by atoms with E-state index in [9.17, 15) is 9.18 Å². The van der Waals surface area contributed by atoms with E-state index in [1.165, 1.54) is 12.1 Å². The Balaban J connectivity index is 1.89. The summed E-state index contributed by atoms with van der Waals surface area (Å²) in [6, 6.07) is 13.6. The Morgan fingerprint density at radius 1 is 1.15 bits per heavy atom. The fourth-order valence-corrected chi connectivity index (χ4v) is 1.89. The molecule has 1 aromatic heterocycles. The zero-order valence-electron chi connectivity index (χ0n) is 10.5. The quantitative estimate of drug-likeness (QED) is 0.795. The first kappa shape index (κ1) is 12.3. The lowest BCUT2D eigenvalue weighted by molar-refractivity contribution is 0.515. The Kier molecular flexibility index (Phi) is 3.16. The van der Waals surface area contributed by atoms with E-state index in [0.717, 1.165) is 11.6 Å². The maximum atomic E-state index is 13.1. The van der Waals surface area contributed by atoms with Gasteiger partial charge in [0.25, 0.3) is 6.01 Å². The lowest BCUT2D eigenvalue weighted by atomic mass is 10.2. The molecule has 2 aromatic carbocycles. The molecule has 0 aliphatic heterocycles. The molecule has 0 saturated heterocycles. The van der Waals surface area contributed by atoms with Gasteiger partial charge in [0.15, 0.2) is 0 Å². The molecule has 20 heavy (non-hydrogen) atoms. The fourth-order valence-electron chi connectivity index (χ4n) is 1.89. The Hall–Kier alpha value is -2.69. The number of nitrogens with zero attached hydrogens (tertiary/aromatic N) is 1. The molecule has 100 valence electrons. The average molecular weight is 270 g/mol. The van der Waals surface area contributed by atoms with E-state index in [1.54, 1.807) is 0 Å².